The van der Waals surface area contributed by atoms with E-state index < -0.39 is 16.0 Å². The molecule has 0 saturated heterocycles. The third-order valence-corrected chi connectivity index (χ3v) is 5.22. The van der Waals surface area contributed by atoms with Crippen molar-refractivity contribution in [1.82, 2.24) is 5.32 Å². The van der Waals surface area contributed by atoms with Gasteiger partial charge in [-0.3, -0.25) is 9.52 Å². The Labute approximate surface area is 175 Å². The molecule has 0 atom stereocenters. The monoisotopic (exact) mass is 436 g/mol. The second-order valence-corrected chi connectivity index (χ2v) is 7.61. The molecule has 0 aliphatic heterocycles. The van der Waals surface area contributed by atoms with Crippen LogP contribution in [0.1, 0.15) is 24.2 Å². The highest BCUT2D eigenvalue weighted by Gasteiger charge is 2.22. The molecule has 2 N–H and O–H groups in total. The quantitative estimate of drug-likeness (QED) is 0.548. The lowest BCUT2D eigenvalue weighted by Gasteiger charge is -2.13. The average Bonchev–Trinajstić information content (AvgIpc) is 2.73. The van der Waals surface area contributed by atoms with Crippen LogP contribution in [0.15, 0.2) is 47.4 Å². The van der Waals surface area contributed by atoms with E-state index in [1.807, 2.05) is 0 Å². The number of anilines is 1. The molecular formula is C20H24N2O7S. The van der Waals surface area contributed by atoms with Crippen LogP contribution in [0.2, 0.25) is 0 Å². The zero-order valence-corrected chi connectivity index (χ0v) is 17.7. The Balaban J connectivity index is 2.18. The van der Waals surface area contributed by atoms with Crippen molar-refractivity contribution >= 4 is 27.6 Å². The van der Waals surface area contributed by atoms with Crippen LogP contribution in [-0.2, 0) is 19.6 Å². The number of methoxy groups -OCH3 is 1. The Bertz CT molecular complexity index is 989. The minimum Gasteiger partial charge on any atom is -0.495 e. The minimum absolute atomic E-state index is 0.0810. The second-order valence-electron chi connectivity index (χ2n) is 5.96. The first-order valence-electron chi connectivity index (χ1n) is 9.18. The molecule has 162 valence electrons. The summed E-state index contributed by atoms with van der Waals surface area (Å²) in [6.07, 6.45) is 0. The number of carbonyl (C=O) groups is 2. The zero-order valence-electron chi connectivity index (χ0n) is 16.9. The lowest BCUT2D eigenvalue weighted by molar-refractivity contribution is -0.122. The van der Waals surface area contributed by atoms with Crippen LogP contribution in [0.3, 0.4) is 0 Å². The van der Waals surface area contributed by atoms with E-state index in [1.165, 1.54) is 49.6 Å². The number of nitrogens with one attached hydrogen (secondary N) is 2. The maximum Gasteiger partial charge on any atom is 0.338 e. The summed E-state index contributed by atoms with van der Waals surface area (Å²) in [5, 5.41) is 2.61. The van der Waals surface area contributed by atoms with Crippen LogP contribution in [-0.4, -0.2) is 47.2 Å². The lowest BCUT2D eigenvalue weighted by atomic mass is 10.2. The molecule has 0 aromatic heterocycles. The molecule has 0 heterocycles. The van der Waals surface area contributed by atoms with Gasteiger partial charge in [0, 0.05) is 12.2 Å². The molecule has 0 spiro atoms. The predicted molar refractivity (Wildman–Crippen MR) is 110 cm³/mol. The van der Waals surface area contributed by atoms with Crippen molar-refractivity contribution in [2.24, 2.45) is 0 Å². The van der Waals surface area contributed by atoms with Crippen LogP contribution < -0.4 is 19.5 Å². The molecule has 2 rings (SSSR count). The highest BCUT2D eigenvalue weighted by Crippen LogP contribution is 2.28. The molecule has 0 aliphatic rings. The first-order chi connectivity index (χ1) is 14.3. The number of likely N-dealkylation sites (N-methyl/N-ethyl adjacent to an activating group) is 1. The SMILES string of the molecule is CCNC(=O)COc1ccc(NS(=O)(=O)c2cc(C(=O)OCC)ccc2OC)cc1. The van der Waals surface area contributed by atoms with Gasteiger partial charge in [-0.15, -0.1) is 0 Å². The van der Waals surface area contributed by atoms with E-state index in [-0.39, 0.29) is 41.0 Å². The van der Waals surface area contributed by atoms with E-state index in [2.05, 4.69) is 10.0 Å². The largest absolute Gasteiger partial charge is 0.495 e. The van der Waals surface area contributed by atoms with Gasteiger partial charge in [0.25, 0.3) is 15.9 Å². The number of carbonyl (C=O) groups excluding carboxylic acids is 2. The smallest absolute Gasteiger partial charge is 0.338 e. The first kappa shape index (κ1) is 23.0. The Morgan fingerprint density at radius 3 is 2.33 bits per heavy atom. The topological polar surface area (TPSA) is 120 Å². The van der Waals surface area contributed by atoms with Gasteiger partial charge in [-0.25, -0.2) is 13.2 Å². The maximum absolute atomic E-state index is 12.9. The molecule has 9 nitrogen and oxygen atoms in total. The summed E-state index contributed by atoms with van der Waals surface area (Å²) >= 11 is 0. The third-order valence-electron chi connectivity index (χ3n) is 3.81. The number of sulfonamides is 1. The van der Waals surface area contributed by atoms with Gasteiger partial charge in [0.05, 0.1) is 19.3 Å². The molecule has 0 bridgehead atoms. The number of benzene rings is 2. The molecule has 0 unspecified atom stereocenters. The van der Waals surface area contributed by atoms with Gasteiger partial charge in [-0.1, -0.05) is 0 Å². The van der Waals surface area contributed by atoms with Crippen LogP contribution in [0.5, 0.6) is 11.5 Å². The second kappa shape index (κ2) is 10.5. The molecule has 2 aromatic rings. The van der Waals surface area contributed by atoms with Crippen LogP contribution >= 0.6 is 0 Å². The highest BCUT2D eigenvalue weighted by molar-refractivity contribution is 7.92. The number of amides is 1. The zero-order chi connectivity index (χ0) is 22.1. The number of rotatable bonds is 10. The van der Waals surface area contributed by atoms with Gasteiger partial charge in [0.1, 0.15) is 16.4 Å². The number of hydrogen-bond donors (Lipinski definition) is 2. The molecule has 30 heavy (non-hydrogen) atoms. The molecule has 10 heteroatoms. The van der Waals surface area contributed by atoms with Crippen molar-refractivity contribution in [3.63, 3.8) is 0 Å². The molecule has 2 aromatic carbocycles. The van der Waals surface area contributed by atoms with Crippen molar-refractivity contribution in [3.05, 3.63) is 48.0 Å². The number of esters is 1. The fourth-order valence-corrected chi connectivity index (χ4v) is 3.71. The Hall–Kier alpha value is -3.27. The van der Waals surface area contributed by atoms with Crippen molar-refractivity contribution in [3.8, 4) is 11.5 Å². The van der Waals surface area contributed by atoms with Gasteiger partial charge >= 0.3 is 5.97 Å². The van der Waals surface area contributed by atoms with E-state index in [9.17, 15) is 18.0 Å². The molecule has 0 aliphatic carbocycles. The van der Waals surface area contributed by atoms with Gasteiger partial charge in [-0.2, -0.15) is 0 Å². The minimum atomic E-state index is -4.06. The van der Waals surface area contributed by atoms with Crippen molar-refractivity contribution in [1.29, 1.82) is 0 Å². The summed E-state index contributed by atoms with van der Waals surface area (Å²) in [5.74, 6) is -0.399. The summed E-state index contributed by atoms with van der Waals surface area (Å²) in [7, 11) is -2.73. The van der Waals surface area contributed by atoms with Crippen LogP contribution in [0.25, 0.3) is 0 Å². The Morgan fingerprint density at radius 2 is 1.73 bits per heavy atom. The van der Waals surface area contributed by atoms with Gasteiger partial charge < -0.3 is 19.5 Å². The lowest BCUT2D eigenvalue weighted by Crippen LogP contribution is -2.28. The molecule has 0 fully saturated rings. The summed E-state index contributed by atoms with van der Waals surface area (Å²) in [6, 6.07) is 10.1. The Kier molecular flexibility index (Phi) is 8.05. The van der Waals surface area contributed by atoms with Gasteiger partial charge in [0.2, 0.25) is 0 Å². The average molecular weight is 436 g/mol. The fraction of sp³-hybridized carbons (Fsp3) is 0.300. The molecule has 0 radical (unpaired) electrons. The van der Waals surface area contributed by atoms with E-state index in [0.717, 1.165) is 0 Å². The van der Waals surface area contributed by atoms with E-state index in [4.69, 9.17) is 14.2 Å². The van der Waals surface area contributed by atoms with Crippen molar-refractivity contribution in [2.75, 3.05) is 31.6 Å². The highest BCUT2D eigenvalue weighted by atomic mass is 32.2. The summed E-state index contributed by atoms with van der Waals surface area (Å²) in [5.41, 5.74) is 0.357. The predicted octanol–water partition coefficient (Wildman–Crippen LogP) is 2.19. The Morgan fingerprint density at radius 1 is 1.03 bits per heavy atom. The summed E-state index contributed by atoms with van der Waals surface area (Å²) in [4.78, 5) is 23.2. The third kappa shape index (κ3) is 6.11. The number of ether oxygens (including phenoxy) is 3. The number of hydrogen-bond acceptors (Lipinski definition) is 7. The van der Waals surface area contributed by atoms with Gasteiger partial charge in [0.15, 0.2) is 6.61 Å². The standard InChI is InChI=1S/C20H24N2O7S/c1-4-21-19(23)13-29-16-9-7-15(8-10-16)22-30(25,26)18-12-14(20(24)28-5-2)6-11-17(18)27-3/h6-12,22H,4-5,13H2,1-3H3,(H,21,23). The molecule has 0 saturated carbocycles. The van der Waals surface area contributed by atoms with E-state index in [1.54, 1.807) is 13.8 Å². The molecule has 1 amide bonds. The molecular weight excluding hydrogens is 412 g/mol. The van der Waals surface area contributed by atoms with Crippen molar-refractivity contribution < 1.29 is 32.2 Å². The van der Waals surface area contributed by atoms with E-state index >= 15 is 0 Å². The normalized spacial score (nSPS) is 10.8. The van der Waals surface area contributed by atoms with Crippen LogP contribution in [0.4, 0.5) is 5.69 Å². The fourth-order valence-electron chi connectivity index (χ4n) is 2.45. The summed E-state index contributed by atoms with van der Waals surface area (Å²) in [6.45, 7) is 3.99. The van der Waals surface area contributed by atoms with Crippen molar-refractivity contribution in [2.45, 2.75) is 18.7 Å². The van der Waals surface area contributed by atoms with E-state index in [0.29, 0.717) is 12.3 Å². The van der Waals surface area contributed by atoms with Gasteiger partial charge in [-0.05, 0) is 56.3 Å². The van der Waals surface area contributed by atoms with Crippen LogP contribution in [0, 0.1) is 0 Å². The maximum atomic E-state index is 12.9. The summed E-state index contributed by atoms with van der Waals surface area (Å²) < 4.78 is 43.5. The first-order valence-corrected chi connectivity index (χ1v) is 10.7.